The molecule has 0 amide bonds. The summed E-state index contributed by atoms with van der Waals surface area (Å²) in [6.45, 7) is 6.26. The number of carbonyl (C=O) groups excluding carboxylic acids is 1. The van der Waals surface area contributed by atoms with E-state index in [4.69, 9.17) is 0 Å². The van der Waals surface area contributed by atoms with Crippen molar-refractivity contribution in [3.8, 4) is 0 Å². The Hall–Kier alpha value is -1.56. The molecule has 1 saturated heterocycles. The van der Waals surface area contributed by atoms with Crippen molar-refractivity contribution < 1.29 is 13.2 Å². The molecule has 2 bridgehead atoms. The third-order valence-corrected chi connectivity index (χ3v) is 8.86. The first-order valence-corrected chi connectivity index (χ1v) is 11.8. The summed E-state index contributed by atoms with van der Waals surface area (Å²) in [4.78, 5) is 15.0. The normalized spacial score (nSPS) is 29.9. The Balaban J connectivity index is 1.48. The maximum Gasteiger partial charge on any atom is 0.233 e. The molecule has 0 spiro atoms. The SMILES string of the molecule is CC1(C)[C@@H]2CC[C@@]1(CS(=O)(=O)Nc1ccc(N3CCCCC3)cc1)C(=O)C2. The topological polar surface area (TPSA) is 66.5 Å². The maximum absolute atomic E-state index is 12.9. The van der Waals surface area contributed by atoms with E-state index in [1.54, 1.807) is 0 Å². The quantitative estimate of drug-likeness (QED) is 0.830. The molecule has 148 valence electrons. The lowest BCUT2D eigenvalue weighted by Crippen LogP contribution is -2.43. The predicted molar refractivity (Wildman–Crippen MR) is 108 cm³/mol. The van der Waals surface area contributed by atoms with Gasteiger partial charge in [-0.05, 0) is 67.7 Å². The third kappa shape index (κ3) is 3.16. The molecule has 5 nitrogen and oxygen atoms in total. The van der Waals surface area contributed by atoms with Crippen molar-refractivity contribution in [1.29, 1.82) is 0 Å². The van der Waals surface area contributed by atoms with Crippen molar-refractivity contribution in [2.75, 3.05) is 28.5 Å². The first kappa shape index (κ1) is 18.8. The van der Waals surface area contributed by atoms with Gasteiger partial charge in [-0.3, -0.25) is 9.52 Å². The molecule has 1 aliphatic heterocycles. The van der Waals surface area contributed by atoms with E-state index in [1.807, 2.05) is 24.3 Å². The average molecular weight is 391 g/mol. The molecule has 4 rings (SSSR count). The van der Waals surface area contributed by atoms with Gasteiger partial charge in [-0.2, -0.15) is 0 Å². The van der Waals surface area contributed by atoms with E-state index >= 15 is 0 Å². The summed E-state index contributed by atoms with van der Waals surface area (Å²) in [5.41, 5.74) is 0.751. The molecule has 2 aliphatic carbocycles. The molecule has 6 heteroatoms. The Bertz CT molecular complexity index is 825. The molecular weight excluding hydrogens is 360 g/mol. The summed E-state index contributed by atoms with van der Waals surface area (Å²) in [7, 11) is -3.59. The van der Waals surface area contributed by atoms with E-state index < -0.39 is 15.4 Å². The van der Waals surface area contributed by atoms with Crippen LogP contribution in [-0.2, 0) is 14.8 Å². The second kappa shape index (κ2) is 6.50. The van der Waals surface area contributed by atoms with E-state index in [1.165, 1.54) is 19.3 Å². The fourth-order valence-corrected chi connectivity index (χ4v) is 7.43. The maximum atomic E-state index is 12.9. The summed E-state index contributed by atoms with van der Waals surface area (Å²) in [6, 6.07) is 7.63. The number of rotatable bonds is 5. The molecule has 0 unspecified atom stereocenters. The van der Waals surface area contributed by atoms with Crippen molar-refractivity contribution in [3.05, 3.63) is 24.3 Å². The van der Waals surface area contributed by atoms with Crippen molar-refractivity contribution in [2.45, 2.75) is 52.4 Å². The lowest BCUT2D eigenvalue weighted by atomic mass is 9.70. The average Bonchev–Trinajstić information content (AvgIpc) is 2.96. The number of ketones is 1. The zero-order chi connectivity index (χ0) is 19.3. The molecule has 1 N–H and O–H groups in total. The van der Waals surface area contributed by atoms with Gasteiger partial charge < -0.3 is 4.90 Å². The van der Waals surface area contributed by atoms with Crippen LogP contribution in [0.1, 0.15) is 52.4 Å². The number of nitrogens with one attached hydrogen (secondary N) is 1. The van der Waals surface area contributed by atoms with Gasteiger partial charge in [0.05, 0.1) is 11.2 Å². The summed E-state index contributed by atoms with van der Waals surface area (Å²) in [5.74, 6) is 0.356. The van der Waals surface area contributed by atoms with E-state index in [2.05, 4.69) is 23.5 Å². The third-order valence-electron chi connectivity index (χ3n) is 7.44. The number of benzene rings is 1. The van der Waals surface area contributed by atoms with Crippen LogP contribution in [-0.4, -0.2) is 33.0 Å². The number of sulfonamides is 1. The Morgan fingerprint density at radius 2 is 1.78 bits per heavy atom. The minimum Gasteiger partial charge on any atom is -0.372 e. The van der Waals surface area contributed by atoms with Crippen LogP contribution in [0.3, 0.4) is 0 Å². The van der Waals surface area contributed by atoms with Crippen molar-refractivity contribution in [3.63, 3.8) is 0 Å². The van der Waals surface area contributed by atoms with Crippen LogP contribution in [0.5, 0.6) is 0 Å². The molecule has 3 aliphatic rings. The van der Waals surface area contributed by atoms with Crippen molar-refractivity contribution in [2.24, 2.45) is 16.7 Å². The minimum atomic E-state index is -3.59. The monoisotopic (exact) mass is 390 g/mol. The molecule has 2 saturated carbocycles. The fourth-order valence-electron chi connectivity index (χ4n) is 5.54. The number of Topliss-reactive ketones (excluding diaryl/α,β-unsaturated/α-hetero) is 1. The lowest BCUT2D eigenvalue weighted by molar-refractivity contribution is -0.128. The van der Waals surface area contributed by atoms with E-state index in [0.29, 0.717) is 24.4 Å². The highest BCUT2D eigenvalue weighted by molar-refractivity contribution is 7.92. The van der Waals surface area contributed by atoms with Crippen LogP contribution in [0.15, 0.2) is 24.3 Å². The fraction of sp³-hybridized carbons (Fsp3) is 0.667. The van der Waals surface area contributed by atoms with Gasteiger partial charge >= 0.3 is 0 Å². The Kier molecular flexibility index (Phi) is 4.53. The summed E-state index contributed by atoms with van der Waals surface area (Å²) in [5, 5.41) is 0. The zero-order valence-corrected chi connectivity index (χ0v) is 17.1. The molecule has 0 radical (unpaired) electrons. The molecular formula is C21H30N2O3S. The van der Waals surface area contributed by atoms with E-state index in [9.17, 15) is 13.2 Å². The van der Waals surface area contributed by atoms with Crippen LogP contribution in [0.2, 0.25) is 0 Å². The number of piperidine rings is 1. The van der Waals surface area contributed by atoms with Gasteiger partial charge in [-0.15, -0.1) is 0 Å². The van der Waals surface area contributed by atoms with Gasteiger partial charge in [-0.1, -0.05) is 13.8 Å². The van der Waals surface area contributed by atoms with Gasteiger partial charge in [0.25, 0.3) is 0 Å². The Morgan fingerprint density at radius 1 is 1.11 bits per heavy atom. The molecule has 3 fully saturated rings. The first-order valence-electron chi connectivity index (χ1n) is 10.1. The van der Waals surface area contributed by atoms with E-state index in [0.717, 1.165) is 25.2 Å². The van der Waals surface area contributed by atoms with Crippen molar-refractivity contribution >= 4 is 27.2 Å². The summed E-state index contributed by atoms with van der Waals surface area (Å²) < 4.78 is 28.5. The Labute approximate surface area is 162 Å². The second-order valence-corrected chi connectivity index (χ2v) is 10.8. The van der Waals surface area contributed by atoms with Gasteiger partial charge in [-0.25, -0.2) is 8.42 Å². The molecule has 1 aromatic rings. The van der Waals surface area contributed by atoms with Crippen LogP contribution in [0, 0.1) is 16.7 Å². The molecule has 27 heavy (non-hydrogen) atoms. The predicted octanol–water partition coefficient (Wildman–Crippen LogP) is 3.81. The molecule has 1 aromatic carbocycles. The lowest BCUT2D eigenvalue weighted by Gasteiger charge is -2.36. The highest BCUT2D eigenvalue weighted by atomic mass is 32.2. The number of anilines is 2. The van der Waals surface area contributed by atoms with Crippen LogP contribution >= 0.6 is 0 Å². The van der Waals surface area contributed by atoms with Gasteiger partial charge in [0.15, 0.2) is 0 Å². The number of fused-ring (bicyclic) bond motifs is 2. The highest BCUT2D eigenvalue weighted by Crippen LogP contribution is 2.64. The molecule has 0 aromatic heterocycles. The van der Waals surface area contributed by atoms with Crippen LogP contribution in [0.4, 0.5) is 11.4 Å². The number of hydrogen-bond donors (Lipinski definition) is 1. The van der Waals surface area contributed by atoms with Gasteiger partial charge in [0.1, 0.15) is 5.78 Å². The summed E-state index contributed by atoms with van der Waals surface area (Å²) >= 11 is 0. The standard InChI is InChI=1S/C21H30N2O3S/c1-20(2)16-10-11-21(20,19(24)14-16)15-27(25,26)22-17-6-8-18(9-7-17)23-12-4-3-5-13-23/h6-9,16,22H,3-5,10-15H2,1-2H3/t16-,21-/m1/s1. The Morgan fingerprint density at radius 3 is 2.33 bits per heavy atom. The zero-order valence-electron chi connectivity index (χ0n) is 16.3. The van der Waals surface area contributed by atoms with Crippen LogP contribution in [0.25, 0.3) is 0 Å². The van der Waals surface area contributed by atoms with Crippen LogP contribution < -0.4 is 9.62 Å². The largest absolute Gasteiger partial charge is 0.372 e. The molecule has 1 heterocycles. The minimum absolute atomic E-state index is 0.101. The molecule has 2 atom stereocenters. The number of nitrogens with zero attached hydrogens (tertiary/aromatic N) is 1. The highest BCUT2D eigenvalue weighted by Gasteiger charge is 2.65. The second-order valence-electron chi connectivity index (χ2n) is 9.12. The smallest absolute Gasteiger partial charge is 0.233 e. The van der Waals surface area contributed by atoms with Gasteiger partial charge in [0, 0.05) is 30.9 Å². The number of hydrogen-bond acceptors (Lipinski definition) is 4. The number of carbonyl (C=O) groups is 1. The summed E-state index contributed by atoms with van der Waals surface area (Å²) in [6.07, 6.45) is 5.89. The first-order chi connectivity index (χ1) is 12.7. The van der Waals surface area contributed by atoms with E-state index in [-0.39, 0.29) is 17.0 Å². The van der Waals surface area contributed by atoms with Crippen molar-refractivity contribution in [1.82, 2.24) is 0 Å². The van der Waals surface area contributed by atoms with Gasteiger partial charge in [0.2, 0.25) is 10.0 Å².